The number of benzene rings is 1. The van der Waals surface area contributed by atoms with Crippen LogP contribution in [0.25, 0.3) is 5.69 Å². The van der Waals surface area contributed by atoms with Gasteiger partial charge in [0.15, 0.2) is 5.16 Å². The summed E-state index contributed by atoms with van der Waals surface area (Å²) in [6, 6.07) is 7.51. The largest absolute Gasteiger partial charge is 0.391 e. The van der Waals surface area contributed by atoms with Crippen molar-refractivity contribution in [2.75, 3.05) is 19.3 Å². The van der Waals surface area contributed by atoms with Crippen molar-refractivity contribution in [2.24, 2.45) is 0 Å². The van der Waals surface area contributed by atoms with Gasteiger partial charge in [-0.05, 0) is 30.9 Å². The average molecular weight is 303 g/mol. The predicted molar refractivity (Wildman–Crippen MR) is 81.9 cm³/mol. The Labute approximate surface area is 127 Å². The van der Waals surface area contributed by atoms with Crippen molar-refractivity contribution < 1.29 is 9.90 Å². The van der Waals surface area contributed by atoms with E-state index in [-0.39, 0.29) is 5.91 Å². The van der Waals surface area contributed by atoms with E-state index in [4.69, 9.17) is 0 Å². The fourth-order valence-electron chi connectivity index (χ4n) is 2.53. The molecule has 2 heterocycles. The standard InChI is InChI=1S/C15H17N3O2S/c1-21-15-16-6-8-18(15)12-4-2-3-11(9-12)14(20)17-7-5-13(19)10-17/h2-4,6,8-9,13,19H,5,7,10H2,1H3/t13-/m0/s1. The molecule has 0 unspecified atom stereocenters. The summed E-state index contributed by atoms with van der Waals surface area (Å²) in [4.78, 5) is 18.4. The summed E-state index contributed by atoms with van der Waals surface area (Å²) in [6.45, 7) is 1.04. The number of rotatable bonds is 3. The Morgan fingerprint density at radius 1 is 1.48 bits per heavy atom. The summed E-state index contributed by atoms with van der Waals surface area (Å²) in [5.74, 6) is -0.0285. The number of hydrogen-bond acceptors (Lipinski definition) is 4. The van der Waals surface area contributed by atoms with Crippen LogP contribution >= 0.6 is 11.8 Å². The second kappa shape index (κ2) is 5.91. The minimum Gasteiger partial charge on any atom is -0.391 e. The summed E-state index contributed by atoms with van der Waals surface area (Å²) >= 11 is 1.56. The Morgan fingerprint density at radius 3 is 3.05 bits per heavy atom. The fraction of sp³-hybridized carbons (Fsp3) is 0.333. The van der Waals surface area contributed by atoms with Gasteiger partial charge in [0.05, 0.1) is 6.10 Å². The smallest absolute Gasteiger partial charge is 0.254 e. The molecule has 2 aromatic rings. The second-order valence-electron chi connectivity index (χ2n) is 5.03. The van der Waals surface area contributed by atoms with E-state index in [0.29, 0.717) is 25.1 Å². The van der Waals surface area contributed by atoms with E-state index in [0.717, 1.165) is 10.8 Å². The quantitative estimate of drug-likeness (QED) is 0.879. The molecular formula is C15H17N3O2S. The van der Waals surface area contributed by atoms with Gasteiger partial charge in [-0.3, -0.25) is 9.36 Å². The number of thioether (sulfide) groups is 1. The summed E-state index contributed by atoms with van der Waals surface area (Å²) in [5, 5.41) is 10.4. The molecule has 1 N–H and O–H groups in total. The van der Waals surface area contributed by atoms with Gasteiger partial charge in [0.25, 0.3) is 5.91 Å². The number of likely N-dealkylation sites (tertiary alicyclic amines) is 1. The number of aliphatic hydroxyl groups is 1. The molecule has 5 nitrogen and oxygen atoms in total. The van der Waals surface area contributed by atoms with E-state index in [1.807, 2.05) is 41.3 Å². The van der Waals surface area contributed by atoms with Crippen LogP contribution in [0.15, 0.2) is 41.8 Å². The van der Waals surface area contributed by atoms with Crippen LogP contribution in [-0.2, 0) is 0 Å². The van der Waals surface area contributed by atoms with E-state index in [1.54, 1.807) is 22.9 Å². The highest BCUT2D eigenvalue weighted by Gasteiger charge is 2.25. The van der Waals surface area contributed by atoms with E-state index < -0.39 is 6.10 Å². The molecule has 1 saturated heterocycles. The van der Waals surface area contributed by atoms with E-state index in [2.05, 4.69) is 4.98 Å². The lowest BCUT2D eigenvalue weighted by molar-refractivity contribution is 0.0765. The number of aliphatic hydroxyl groups excluding tert-OH is 1. The van der Waals surface area contributed by atoms with E-state index in [1.165, 1.54) is 0 Å². The molecule has 21 heavy (non-hydrogen) atoms. The summed E-state index contributed by atoms with van der Waals surface area (Å²) in [5.41, 5.74) is 1.56. The van der Waals surface area contributed by atoms with Gasteiger partial charge < -0.3 is 10.0 Å². The van der Waals surface area contributed by atoms with Crippen LogP contribution in [0.1, 0.15) is 16.8 Å². The highest BCUT2D eigenvalue weighted by molar-refractivity contribution is 7.98. The Bertz CT molecular complexity index is 656. The van der Waals surface area contributed by atoms with Gasteiger partial charge in [0, 0.05) is 36.7 Å². The van der Waals surface area contributed by atoms with Crippen molar-refractivity contribution in [2.45, 2.75) is 17.7 Å². The zero-order valence-corrected chi connectivity index (χ0v) is 12.6. The van der Waals surface area contributed by atoms with Crippen LogP contribution in [-0.4, -0.2) is 50.9 Å². The predicted octanol–water partition coefficient (Wildman–Crippen LogP) is 1.80. The molecular weight excluding hydrogens is 286 g/mol. The molecule has 0 aliphatic carbocycles. The number of carbonyl (C=O) groups excluding carboxylic acids is 1. The van der Waals surface area contributed by atoms with Gasteiger partial charge in [-0.2, -0.15) is 0 Å². The summed E-state index contributed by atoms with van der Waals surface area (Å²) in [6.07, 6.45) is 5.86. The Hall–Kier alpha value is -1.79. The maximum atomic E-state index is 12.5. The van der Waals surface area contributed by atoms with Crippen LogP contribution in [0.2, 0.25) is 0 Å². The molecule has 1 aliphatic rings. The topological polar surface area (TPSA) is 58.4 Å². The fourth-order valence-corrected chi connectivity index (χ4v) is 3.06. The second-order valence-corrected chi connectivity index (χ2v) is 5.80. The van der Waals surface area contributed by atoms with Crippen molar-refractivity contribution in [3.05, 3.63) is 42.2 Å². The minimum absolute atomic E-state index is 0.0285. The van der Waals surface area contributed by atoms with Crippen LogP contribution in [0, 0.1) is 0 Å². The van der Waals surface area contributed by atoms with E-state index in [9.17, 15) is 9.90 Å². The van der Waals surface area contributed by atoms with E-state index >= 15 is 0 Å². The molecule has 0 radical (unpaired) electrons. The zero-order valence-electron chi connectivity index (χ0n) is 11.8. The molecule has 3 rings (SSSR count). The van der Waals surface area contributed by atoms with Crippen molar-refractivity contribution in [1.29, 1.82) is 0 Å². The third-order valence-electron chi connectivity index (χ3n) is 3.61. The molecule has 1 aromatic heterocycles. The zero-order chi connectivity index (χ0) is 14.8. The first kappa shape index (κ1) is 14.2. The molecule has 0 spiro atoms. The van der Waals surface area contributed by atoms with Crippen LogP contribution in [0.4, 0.5) is 0 Å². The number of nitrogens with zero attached hydrogens (tertiary/aromatic N) is 3. The maximum Gasteiger partial charge on any atom is 0.254 e. The number of β-amino-alcohol motifs (C(OH)–C–C–N with tert-alkyl or cyclic N) is 1. The molecule has 0 saturated carbocycles. The first-order chi connectivity index (χ1) is 10.2. The van der Waals surface area contributed by atoms with Crippen molar-refractivity contribution in [3.63, 3.8) is 0 Å². The summed E-state index contributed by atoms with van der Waals surface area (Å²) in [7, 11) is 0. The third-order valence-corrected chi connectivity index (χ3v) is 4.28. The first-order valence-electron chi connectivity index (χ1n) is 6.84. The Kier molecular flexibility index (Phi) is 3.98. The lowest BCUT2D eigenvalue weighted by Gasteiger charge is -2.16. The molecule has 0 bridgehead atoms. The van der Waals surface area contributed by atoms with Gasteiger partial charge in [-0.15, -0.1) is 0 Å². The summed E-state index contributed by atoms with van der Waals surface area (Å²) < 4.78 is 1.96. The monoisotopic (exact) mass is 303 g/mol. The lowest BCUT2D eigenvalue weighted by atomic mass is 10.1. The van der Waals surface area contributed by atoms with Crippen LogP contribution in [0.3, 0.4) is 0 Å². The SMILES string of the molecule is CSc1nccn1-c1cccc(C(=O)N2CC[C@H](O)C2)c1. The molecule has 1 aromatic carbocycles. The van der Waals surface area contributed by atoms with Crippen LogP contribution < -0.4 is 0 Å². The van der Waals surface area contributed by atoms with Crippen LogP contribution in [0.5, 0.6) is 0 Å². The Balaban J connectivity index is 1.88. The maximum absolute atomic E-state index is 12.5. The lowest BCUT2D eigenvalue weighted by Crippen LogP contribution is -2.29. The number of hydrogen-bond donors (Lipinski definition) is 1. The van der Waals surface area contributed by atoms with Gasteiger partial charge in [0.1, 0.15) is 0 Å². The van der Waals surface area contributed by atoms with Gasteiger partial charge in [0.2, 0.25) is 0 Å². The third kappa shape index (κ3) is 2.82. The molecule has 1 amide bonds. The number of imidazole rings is 1. The molecule has 1 aliphatic heterocycles. The highest BCUT2D eigenvalue weighted by atomic mass is 32.2. The molecule has 1 atom stereocenters. The first-order valence-corrected chi connectivity index (χ1v) is 8.06. The number of aromatic nitrogens is 2. The van der Waals surface area contributed by atoms with Crippen molar-refractivity contribution in [3.8, 4) is 5.69 Å². The highest BCUT2D eigenvalue weighted by Crippen LogP contribution is 2.20. The van der Waals surface area contributed by atoms with Gasteiger partial charge in [-0.25, -0.2) is 4.98 Å². The number of amides is 1. The van der Waals surface area contributed by atoms with Gasteiger partial charge in [-0.1, -0.05) is 17.8 Å². The number of carbonyl (C=O) groups is 1. The molecule has 6 heteroatoms. The average Bonchev–Trinajstić information content (AvgIpc) is 3.15. The molecule has 110 valence electrons. The normalized spacial score (nSPS) is 18.2. The Morgan fingerprint density at radius 2 is 2.33 bits per heavy atom. The van der Waals surface area contributed by atoms with Crippen molar-refractivity contribution >= 4 is 17.7 Å². The minimum atomic E-state index is -0.395. The molecule has 1 fully saturated rings. The van der Waals surface area contributed by atoms with Crippen molar-refractivity contribution in [1.82, 2.24) is 14.5 Å². The van der Waals surface area contributed by atoms with Gasteiger partial charge >= 0.3 is 0 Å².